The minimum absolute atomic E-state index is 0.553. The highest BCUT2D eigenvalue weighted by molar-refractivity contribution is 4.77. The fraction of sp³-hybridized carbons (Fsp3) is 1.00. The summed E-state index contributed by atoms with van der Waals surface area (Å²) in [5.41, 5.74) is 0. The normalized spacial score (nSPS) is 36.8. The van der Waals surface area contributed by atoms with Gasteiger partial charge in [-0.15, -0.1) is 0 Å². The Kier molecular flexibility index (Phi) is 4.07. The highest BCUT2D eigenvalue weighted by Gasteiger charge is 2.26. The van der Waals surface area contributed by atoms with Crippen LogP contribution in [0.4, 0.5) is 0 Å². The van der Waals surface area contributed by atoms with Crippen LogP contribution < -0.4 is 0 Å². The lowest BCUT2D eigenvalue weighted by molar-refractivity contribution is 0.0298. The number of rotatable bonds is 3. The molecule has 12 heavy (non-hydrogen) atoms. The van der Waals surface area contributed by atoms with Gasteiger partial charge in [0, 0.05) is 7.11 Å². The topological polar surface area (TPSA) is 9.23 Å². The first kappa shape index (κ1) is 10.0. The van der Waals surface area contributed by atoms with Gasteiger partial charge in [0.2, 0.25) is 0 Å². The van der Waals surface area contributed by atoms with Crippen molar-refractivity contribution in [2.75, 3.05) is 7.11 Å². The van der Waals surface area contributed by atoms with Gasteiger partial charge in [0.15, 0.2) is 0 Å². The molecule has 0 spiro atoms. The van der Waals surface area contributed by atoms with E-state index in [9.17, 15) is 0 Å². The van der Waals surface area contributed by atoms with Crippen molar-refractivity contribution in [2.24, 2.45) is 11.8 Å². The van der Waals surface area contributed by atoms with E-state index in [-0.39, 0.29) is 0 Å². The Labute approximate surface area is 76.5 Å². The van der Waals surface area contributed by atoms with Gasteiger partial charge >= 0.3 is 0 Å². The molecule has 1 fully saturated rings. The number of methoxy groups -OCH3 is 1. The van der Waals surface area contributed by atoms with Gasteiger partial charge in [-0.1, -0.05) is 26.7 Å². The number of hydrogen-bond donors (Lipinski definition) is 0. The minimum atomic E-state index is 0.553. The Morgan fingerprint density at radius 3 is 2.67 bits per heavy atom. The molecule has 0 heterocycles. The van der Waals surface area contributed by atoms with Crippen LogP contribution in [0.15, 0.2) is 0 Å². The zero-order valence-electron chi connectivity index (χ0n) is 8.68. The summed E-state index contributed by atoms with van der Waals surface area (Å²) in [6.07, 6.45) is 7.21. The Balaban J connectivity index is 2.36. The predicted molar refractivity (Wildman–Crippen MR) is 52.2 cm³/mol. The summed E-state index contributed by atoms with van der Waals surface area (Å²) in [5.74, 6) is 1.85. The average Bonchev–Trinajstić information content (AvgIpc) is 2.09. The molecule has 0 aromatic rings. The molecule has 1 rings (SSSR count). The summed E-state index contributed by atoms with van der Waals surface area (Å²) in [6.45, 7) is 4.68. The van der Waals surface area contributed by atoms with Gasteiger partial charge in [0.25, 0.3) is 0 Å². The molecule has 1 aliphatic rings. The van der Waals surface area contributed by atoms with Crippen molar-refractivity contribution in [1.29, 1.82) is 0 Å². The number of ether oxygens (including phenoxy) is 1. The molecule has 1 heteroatoms. The van der Waals surface area contributed by atoms with E-state index in [4.69, 9.17) is 4.74 Å². The van der Waals surface area contributed by atoms with Crippen LogP contribution in [0.1, 0.15) is 46.0 Å². The molecule has 1 nitrogen and oxygen atoms in total. The molecule has 0 radical (unpaired) electrons. The first-order chi connectivity index (χ1) is 5.77. The minimum Gasteiger partial charge on any atom is -0.381 e. The highest BCUT2D eigenvalue weighted by atomic mass is 16.5. The van der Waals surface area contributed by atoms with Crippen molar-refractivity contribution in [3.63, 3.8) is 0 Å². The third kappa shape index (κ3) is 2.48. The molecule has 0 aliphatic heterocycles. The molecule has 0 N–H and O–H groups in total. The van der Waals surface area contributed by atoms with Gasteiger partial charge in [0.05, 0.1) is 6.10 Å². The fourth-order valence-corrected chi connectivity index (χ4v) is 2.36. The third-order valence-corrected chi connectivity index (χ3v) is 3.31. The van der Waals surface area contributed by atoms with Crippen LogP contribution in [0.3, 0.4) is 0 Å². The zero-order valence-corrected chi connectivity index (χ0v) is 8.68. The molecular weight excluding hydrogens is 148 g/mol. The van der Waals surface area contributed by atoms with Crippen molar-refractivity contribution in [2.45, 2.75) is 52.1 Å². The SMILES string of the molecule is CCCC1CC(OC)CCC1C. The molecule has 1 aliphatic carbocycles. The maximum absolute atomic E-state index is 5.42. The zero-order chi connectivity index (χ0) is 8.97. The van der Waals surface area contributed by atoms with Crippen LogP contribution in [0.25, 0.3) is 0 Å². The second-order valence-electron chi connectivity index (χ2n) is 4.20. The van der Waals surface area contributed by atoms with Gasteiger partial charge < -0.3 is 4.74 Å². The lowest BCUT2D eigenvalue weighted by atomic mass is 9.77. The molecule has 3 atom stereocenters. The maximum Gasteiger partial charge on any atom is 0.0574 e. The third-order valence-electron chi connectivity index (χ3n) is 3.31. The summed E-state index contributed by atoms with van der Waals surface area (Å²) < 4.78 is 5.42. The average molecular weight is 170 g/mol. The molecule has 0 aromatic heterocycles. The summed E-state index contributed by atoms with van der Waals surface area (Å²) in [5, 5.41) is 0. The van der Waals surface area contributed by atoms with Crippen LogP contribution in [-0.2, 0) is 4.74 Å². The van der Waals surface area contributed by atoms with Gasteiger partial charge in [-0.05, 0) is 31.1 Å². The van der Waals surface area contributed by atoms with Gasteiger partial charge in [-0.2, -0.15) is 0 Å². The Bertz CT molecular complexity index is 122. The first-order valence-corrected chi connectivity index (χ1v) is 5.30. The quantitative estimate of drug-likeness (QED) is 0.632. The summed E-state index contributed by atoms with van der Waals surface area (Å²) >= 11 is 0. The maximum atomic E-state index is 5.42. The molecule has 72 valence electrons. The van der Waals surface area contributed by atoms with Gasteiger partial charge in [-0.3, -0.25) is 0 Å². The molecular formula is C11H22O. The van der Waals surface area contributed by atoms with Crippen molar-refractivity contribution in [3.05, 3.63) is 0 Å². The lowest BCUT2D eigenvalue weighted by Crippen LogP contribution is -2.27. The summed E-state index contributed by atoms with van der Waals surface area (Å²) in [7, 11) is 1.85. The van der Waals surface area contributed by atoms with Crippen LogP contribution in [0.5, 0.6) is 0 Å². The van der Waals surface area contributed by atoms with Crippen LogP contribution in [0, 0.1) is 11.8 Å². The van der Waals surface area contributed by atoms with E-state index >= 15 is 0 Å². The molecule has 0 saturated heterocycles. The second kappa shape index (κ2) is 4.86. The highest BCUT2D eigenvalue weighted by Crippen LogP contribution is 2.33. The standard InChI is InChI=1S/C11H22O/c1-4-5-10-8-11(12-3)7-6-9(10)2/h9-11H,4-8H2,1-3H3. The van der Waals surface area contributed by atoms with Gasteiger partial charge in [0.1, 0.15) is 0 Å². The molecule has 3 unspecified atom stereocenters. The van der Waals surface area contributed by atoms with Gasteiger partial charge in [-0.25, -0.2) is 0 Å². The molecule has 0 aromatic carbocycles. The van der Waals surface area contributed by atoms with E-state index in [1.807, 2.05) is 7.11 Å². The van der Waals surface area contributed by atoms with Crippen LogP contribution >= 0.6 is 0 Å². The summed E-state index contributed by atoms with van der Waals surface area (Å²) in [6, 6.07) is 0. The van der Waals surface area contributed by atoms with E-state index in [0.717, 1.165) is 11.8 Å². The first-order valence-electron chi connectivity index (χ1n) is 5.30. The van der Waals surface area contributed by atoms with Crippen LogP contribution in [-0.4, -0.2) is 13.2 Å². The fourth-order valence-electron chi connectivity index (χ4n) is 2.36. The predicted octanol–water partition coefficient (Wildman–Crippen LogP) is 3.24. The Morgan fingerprint density at radius 2 is 2.08 bits per heavy atom. The smallest absolute Gasteiger partial charge is 0.0574 e. The van der Waals surface area contributed by atoms with Crippen molar-refractivity contribution in [1.82, 2.24) is 0 Å². The van der Waals surface area contributed by atoms with E-state index in [1.165, 1.54) is 32.1 Å². The Hall–Kier alpha value is -0.0400. The molecule has 0 bridgehead atoms. The van der Waals surface area contributed by atoms with Crippen LogP contribution in [0.2, 0.25) is 0 Å². The second-order valence-corrected chi connectivity index (χ2v) is 4.20. The van der Waals surface area contributed by atoms with E-state index in [0.29, 0.717) is 6.10 Å². The molecule has 1 saturated carbocycles. The van der Waals surface area contributed by atoms with Crippen molar-refractivity contribution >= 4 is 0 Å². The van der Waals surface area contributed by atoms with Crippen molar-refractivity contribution in [3.8, 4) is 0 Å². The van der Waals surface area contributed by atoms with E-state index in [1.54, 1.807) is 0 Å². The van der Waals surface area contributed by atoms with Crippen molar-refractivity contribution < 1.29 is 4.74 Å². The Morgan fingerprint density at radius 1 is 1.33 bits per heavy atom. The van der Waals surface area contributed by atoms with E-state index in [2.05, 4.69) is 13.8 Å². The largest absolute Gasteiger partial charge is 0.381 e. The lowest BCUT2D eigenvalue weighted by Gasteiger charge is -2.33. The monoisotopic (exact) mass is 170 g/mol. The molecule has 0 amide bonds. The summed E-state index contributed by atoms with van der Waals surface area (Å²) in [4.78, 5) is 0. The van der Waals surface area contributed by atoms with E-state index < -0.39 is 0 Å². The number of hydrogen-bond acceptors (Lipinski definition) is 1.